The van der Waals surface area contributed by atoms with Gasteiger partial charge in [0.05, 0.1) is 5.00 Å². The van der Waals surface area contributed by atoms with Gasteiger partial charge in [-0.2, -0.15) is 11.3 Å². The van der Waals surface area contributed by atoms with E-state index in [1.54, 1.807) is 22.7 Å². The largest absolute Gasteiger partial charge is 0.334 e. The predicted molar refractivity (Wildman–Crippen MR) is 125 cm³/mol. The van der Waals surface area contributed by atoms with Crippen LogP contribution in [0.5, 0.6) is 0 Å². The Kier molecular flexibility index (Phi) is 5.47. The number of rotatable bonds is 4. The fourth-order valence-corrected chi connectivity index (χ4v) is 7.72. The van der Waals surface area contributed by atoms with E-state index in [1.807, 2.05) is 11.3 Å². The molecular weight excluding hydrogens is 418 g/mol. The standard InChI is InChI=1S/C22H25N3OS3/c1-13-15-4-2-3-5-18(15)29-21(13)25-22(26)24-10-17-16-6-8-23-11-19(16)28-20(17)14-7-9-27-12-14/h7,9,12,23H,2-6,8,10-11H2,1H3,(H2,24,25,26). The minimum absolute atomic E-state index is 0.100. The van der Waals surface area contributed by atoms with Crippen LogP contribution in [0.2, 0.25) is 0 Å². The third-order valence-corrected chi connectivity index (χ3v) is 9.23. The molecular formula is C22H25N3OS3. The molecule has 3 N–H and O–H groups in total. The number of nitrogens with one attached hydrogen (secondary N) is 3. The maximum atomic E-state index is 12.7. The van der Waals surface area contributed by atoms with E-state index >= 15 is 0 Å². The van der Waals surface area contributed by atoms with Crippen molar-refractivity contribution in [1.82, 2.24) is 10.6 Å². The summed E-state index contributed by atoms with van der Waals surface area (Å²) in [6.45, 7) is 4.66. The van der Waals surface area contributed by atoms with Crippen LogP contribution in [0.15, 0.2) is 16.8 Å². The highest BCUT2D eigenvalue weighted by Gasteiger charge is 2.23. The first-order valence-electron chi connectivity index (χ1n) is 10.2. The van der Waals surface area contributed by atoms with Crippen LogP contribution in [-0.2, 0) is 32.4 Å². The van der Waals surface area contributed by atoms with Crippen molar-refractivity contribution in [3.05, 3.63) is 48.8 Å². The topological polar surface area (TPSA) is 53.2 Å². The molecule has 3 aromatic rings. The number of anilines is 1. The maximum absolute atomic E-state index is 12.7. The number of amides is 2. The number of hydrogen-bond donors (Lipinski definition) is 3. The summed E-state index contributed by atoms with van der Waals surface area (Å²) >= 11 is 5.35. The van der Waals surface area contributed by atoms with E-state index in [-0.39, 0.29) is 6.03 Å². The molecule has 5 rings (SSSR count). The van der Waals surface area contributed by atoms with Crippen LogP contribution in [0.25, 0.3) is 10.4 Å². The maximum Gasteiger partial charge on any atom is 0.320 e. The monoisotopic (exact) mass is 443 g/mol. The zero-order valence-electron chi connectivity index (χ0n) is 16.5. The van der Waals surface area contributed by atoms with E-state index < -0.39 is 0 Å². The average molecular weight is 444 g/mol. The first-order valence-corrected chi connectivity index (χ1v) is 12.8. The van der Waals surface area contributed by atoms with E-state index in [2.05, 4.69) is 39.7 Å². The Morgan fingerprint density at radius 1 is 1.14 bits per heavy atom. The fraction of sp³-hybridized carbons (Fsp3) is 0.409. The van der Waals surface area contributed by atoms with Gasteiger partial charge in [0.25, 0.3) is 0 Å². The van der Waals surface area contributed by atoms with Crippen molar-refractivity contribution in [1.29, 1.82) is 0 Å². The third kappa shape index (κ3) is 3.77. The summed E-state index contributed by atoms with van der Waals surface area (Å²) in [5.41, 5.74) is 6.72. The zero-order chi connectivity index (χ0) is 19.8. The molecule has 0 fully saturated rings. The van der Waals surface area contributed by atoms with Crippen molar-refractivity contribution in [2.75, 3.05) is 11.9 Å². The molecule has 7 heteroatoms. The lowest BCUT2D eigenvalue weighted by Gasteiger charge is -2.15. The van der Waals surface area contributed by atoms with E-state index in [0.29, 0.717) is 6.54 Å². The Bertz CT molecular complexity index is 1030. The van der Waals surface area contributed by atoms with E-state index in [0.717, 1.165) is 37.4 Å². The van der Waals surface area contributed by atoms with Gasteiger partial charge >= 0.3 is 6.03 Å². The molecule has 3 aromatic heterocycles. The summed E-state index contributed by atoms with van der Waals surface area (Å²) in [5, 5.41) is 15.1. The van der Waals surface area contributed by atoms with Crippen LogP contribution in [0.1, 0.15) is 44.8 Å². The lowest BCUT2D eigenvalue weighted by Crippen LogP contribution is -2.29. The molecule has 0 saturated carbocycles. The van der Waals surface area contributed by atoms with Crippen molar-refractivity contribution in [2.45, 2.75) is 52.1 Å². The van der Waals surface area contributed by atoms with Crippen molar-refractivity contribution in [2.24, 2.45) is 0 Å². The number of urea groups is 1. The predicted octanol–water partition coefficient (Wildman–Crippen LogP) is 5.69. The number of carbonyl (C=O) groups is 1. The van der Waals surface area contributed by atoms with Crippen molar-refractivity contribution >= 4 is 45.0 Å². The van der Waals surface area contributed by atoms with Gasteiger partial charge < -0.3 is 10.6 Å². The van der Waals surface area contributed by atoms with Crippen LogP contribution in [0.4, 0.5) is 9.80 Å². The van der Waals surface area contributed by atoms with Crippen LogP contribution < -0.4 is 16.0 Å². The number of fused-ring (bicyclic) bond motifs is 2. The highest BCUT2D eigenvalue weighted by molar-refractivity contribution is 7.17. The SMILES string of the molecule is Cc1c(NC(=O)NCc2c(-c3ccsc3)sc3c2CCNC3)sc2c1CCCC2. The van der Waals surface area contributed by atoms with Crippen LogP contribution in [0, 0.1) is 6.92 Å². The molecule has 0 unspecified atom stereocenters. The van der Waals surface area contributed by atoms with Gasteiger partial charge in [-0.1, -0.05) is 0 Å². The van der Waals surface area contributed by atoms with Crippen molar-refractivity contribution in [3.63, 3.8) is 0 Å². The fourth-order valence-electron chi connectivity index (χ4n) is 4.37. The highest BCUT2D eigenvalue weighted by Crippen LogP contribution is 2.40. The number of carbonyl (C=O) groups excluding carboxylic acids is 1. The van der Waals surface area contributed by atoms with Gasteiger partial charge in [0.1, 0.15) is 0 Å². The molecule has 29 heavy (non-hydrogen) atoms. The molecule has 1 aliphatic heterocycles. The lowest BCUT2D eigenvalue weighted by molar-refractivity contribution is 0.252. The average Bonchev–Trinajstić information content (AvgIpc) is 3.45. The molecule has 0 aromatic carbocycles. The minimum Gasteiger partial charge on any atom is -0.334 e. The summed E-state index contributed by atoms with van der Waals surface area (Å²) in [7, 11) is 0. The molecule has 4 heterocycles. The second-order valence-corrected chi connectivity index (χ2v) is 10.7. The van der Waals surface area contributed by atoms with E-state index in [9.17, 15) is 4.79 Å². The molecule has 0 spiro atoms. The van der Waals surface area contributed by atoms with Gasteiger partial charge in [0, 0.05) is 33.3 Å². The summed E-state index contributed by atoms with van der Waals surface area (Å²) in [6, 6.07) is 2.08. The second-order valence-electron chi connectivity index (χ2n) is 7.72. The summed E-state index contributed by atoms with van der Waals surface area (Å²) in [5.74, 6) is 0. The molecule has 0 atom stereocenters. The molecule has 0 radical (unpaired) electrons. The first-order chi connectivity index (χ1) is 14.2. The summed E-state index contributed by atoms with van der Waals surface area (Å²) in [6.07, 6.45) is 5.87. The number of hydrogen-bond acceptors (Lipinski definition) is 5. The highest BCUT2D eigenvalue weighted by atomic mass is 32.1. The molecule has 0 bridgehead atoms. The molecule has 1 aliphatic carbocycles. The smallest absolute Gasteiger partial charge is 0.320 e. The Balaban J connectivity index is 1.33. The van der Waals surface area contributed by atoms with Gasteiger partial charge in [-0.25, -0.2) is 4.79 Å². The summed E-state index contributed by atoms with van der Waals surface area (Å²) in [4.78, 5) is 16.9. The van der Waals surface area contributed by atoms with Crippen LogP contribution in [-0.4, -0.2) is 12.6 Å². The first kappa shape index (κ1) is 19.3. The quantitative estimate of drug-likeness (QED) is 0.485. The van der Waals surface area contributed by atoms with Gasteiger partial charge in [-0.15, -0.1) is 22.7 Å². The van der Waals surface area contributed by atoms with Crippen LogP contribution in [0.3, 0.4) is 0 Å². The van der Waals surface area contributed by atoms with E-state index in [4.69, 9.17) is 0 Å². The van der Waals surface area contributed by atoms with Gasteiger partial charge in [0.15, 0.2) is 0 Å². The number of aryl methyl sites for hydroxylation is 1. The molecule has 0 saturated heterocycles. The van der Waals surface area contributed by atoms with E-state index in [1.165, 1.54) is 55.3 Å². The second kappa shape index (κ2) is 8.22. The number of thiophene rings is 3. The molecule has 4 nitrogen and oxygen atoms in total. The van der Waals surface area contributed by atoms with Gasteiger partial charge in [-0.05, 0) is 84.7 Å². The molecule has 2 aliphatic rings. The van der Waals surface area contributed by atoms with Crippen molar-refractivity contribution < 1.29 is 4.79 Å². The Hall–Kier alpha value is -1.67. The third-order valence-electron chi connectivity index (χ3n) is 5.91. The normalized spacial score (nSPS) is 15.6. The molecule has 152 valence electrons. The lowest BCUT2D eigenvalue weighted by atomic mass is 9.96. The van der Waals surface area contributed by atoms with Crippen LogP contribution >= 0.6 is 34.0 Å². The Labute approximate surface area is 183 Å². The Morgan fingerprint density at radius 2 is 2.03 bits per heavy atom. The summed E-state index contributed by atoms with van der Waals surface area (Å²) < 4.78 is 0. The zero-order valence-corrected chi connectivity index (χ0v) is 19.0. The molecule has 2 amide bonds. The van der Waals surface area contributed by atoms with Crippen molar-refractivity contribution in [3.8, 4) is 10.4 Å². The van der Waals surface area contributed by atoms with Gasteiger partial charge in [0.2, 0.25) is 0 Å². The minimum atomic E-state index is -0.100. The van der Waals surface area contributed by atoms with Gasteiger partial charge in [-0.3, -0.25) is 5.32 Å². The Morgan fingerprint density at radius 3 is 2.86 bits per heavy atom.